The Balaban J connectivity index is 1.42. The van der Waals surface area contributed by atoms with Crippen LogP contribution in [-0.4, -0.2) is 40.2 Å². The Morgan fingerprint density at radius 3 is 2.55 bits per heavy atom. The first-order chi connectivity index (χ1) is 19.5. The molecule has 0 amide bonds. The zero-order valence-electron chi connectivity index (χ0n) is 23.9. The molecule has 1 aliphatic heterocycles. The Bertz CT molecular complexity index is 1570. The van der Waals surface area contributed by atoms with Gasteiger partial charge in [-0.25, -0.2) is 4.98 Å². The maximum absolute atomic E-state index is 13.6. The number of fused-ring (bicyclic) bond motifs is 3. The fourth-order valence-corrected chi connectivity index (χ4v) is 4.98. The summed E-state index contributed by atoms with van der Waals surface area (Å²) in [5.41, 5.74) is 6.44. The molecule has 5 rings (SSSR count). The van der Waals surface area contributed by atoms with Crippen molar-refractivity contribution >= 4 is 22.4 Å². The number of carbonyl (C=O) groups excluding carboxylic acids is 1. The van der Waals surface area contributed by atoms with E-state index in [0.717, 1.165) is 65.9 Å². The highest BCUT2D eigenvalue weighted by atomic mass is 16.5. The number of benzene rings is 2. The van der Waals surface area contributed by atoms with Crippen LogP contribution >= 0.6 is 0 Å². The Labute approximate surface area is 237 Å². The van der Waals surface area contributed by atoms with Crippen LogP contribution < -0.4 is 9.64 Å². The lowest BCUT2D eigenvalue weighted by molar-refractivity contribution is 0.103. The fourth-order valence-electron chi connectivity index (χ4n) is 4.98. The summed E-state index contributed by atoms with van der Waals surface area (Å²) in [4.78, 5) is 20.8. The number of hydrogen-bond acceptors (Lipinski definition) is 5. The van der Waals surface area contributed by atoms with E-state index in [0.29, 0.717) is 23.8 Å². The van der Waals surface area contributed by atoms with Gasteiger partial charge in [0.2, 0.25) is 0 Å². The normalized spacial score (nSPS) is 11.4. The predicted octanol–water partition coefficient (Wildman–Crippen LogP) is 7.60. The van der Waals surface area contributed by atoms with Crippen molar-refractivity contribution in [1.82, 2.24) is 14.8 Å². The fraction of sp³-hybridized carbons (Fsp3) is 0.324. The van der Waals surface area contributed by atoms with Gasteiger partial charge in [-0.15, -0.1) is 0 Å². The third kappa shape index (κ3) is 6.01. The molecule has 0 bridgehead atoms. The van der Waals surface area contributed by atoms with Crippen LogP contribution in [0.3, 0.4) is 0 Å². The van der Waals surface area contributed by atoms with E-state index in [1.165, 1.54) is 5.56 Å². The first-order valence-corrected chi connectivity index (χ1v) is 14.4. The molecule has 2 aromatic carbocycles. The molecular formula is C34H38N4O2. The van der Waals surface area contributed by atoms with Gasteiger partial charge in [-0.05, 0) is 81.6 Å². The van der Waals surface area contributed by atoms with E-state index in [1.807, 2.05) is 59.4 Å². The number of carbonyl (C=O) groups is 1. The molecule has 0 unspecified atom stereocenters. The summed E-state index contributed by atoms with van der Waals surface area (Å²) >= 11 is 0. The molecule has 0 radical (unpaired) electrons. The molecule has 3 aromatic rings. The topological polar surface area (TPSA) is 60.2 Å². The summed E-state index contributed by atoms with van der Waals surface area (Å²) in [7, 11) is 0. The second-order valence-electron chi connectivity index (χ2n) is 10.5. The summed E-state index contributed by atoms with van der Waals surface area (Å²) in [6.45, 7) is 11.0. The van der Waals surface area contributed by atoms with Gasteiger partial charge in [0.05, 0.1) is 24.0 Å². The molecule has 1 aromatic heterocycles. The lowest BCUT2D eigenvalue weighted by Gasteiger charge is -2.23. The van der Waals surface area contributed by atoms with Crippen LogP contribution in [0, 0.1) is 0 Å². The average molecular weight is 535 g/mol. The maximum atomic E-state index is 13.6. The third-order valence-electron chi connectivity index (χ3n) is 7.34. The number of nitrogens with zero attached hydrogens (tertiary/aromatic N) is 4. The van der Waals surface area contributed by atoms with Crippen molar-refractivity contribution in [2.45, 2.75) is 53.0 Å². The van der Waals surface area contributed by atoms with E-state index in [-0.39, 0.29) is 5.78 Å². The highest BCUT2D eigenvalue weighted by Gasteiger charge is 2.17. The number of ketones is 1. The van der Waals surface area contributed by atoms with Gasteiger partial charge in [0.15, 0.2) is 5.78 Å². The molecule has 206 valence electrons. The van der Waals surface area contributed by atoms with E-state index >= 15 is 0 Å². The molecule has 0 atom stereocenters. The highest BCUT2D eigenvalue weighted by Crippen LogP contribution is 2.34. The van der Waals surface area contributed by atoms with Crippen LogP contribution in [0.15, 0.2) is 79.1 Å². The molecule has 6 heteroatoms. The smallest absolute Gasteiger partial charge is 0.193 e. The van der Waals surface area contributed by atoms with E-state index in [2.05, 4.69) is 62.1 Å². The Morgan fingerprint density at radius 1 is 1.00 bits per heavy atom. The molecule has 1 aliphatic carbocycles. The second kappa shape index (κ2) is 12.3. The van der Waals surface area contributed by atoms with Crippen molar-refractivity contribution in [3.63, 3.8) is 0 Å². The highest BCUT2D eigenvalue weighted by molar-refractivity contribution is 6.11. The minimum absolute atomic E-state index is 0.0268. The van der Waals surface area contributed by atoms with E-state index in [9.17, 15) is 4.79 Å². The van der Waals surface area contributed by atoms with Crippen molar-refractivity contribution < 1.29 is 9.53 Å². The lowest BCUT2D eigenvalue weighted by Crippen LogP contribution is -2.25. The molecule has 0 spiro atoms. The first-order valence-electron chi connectivity index (χ1n) is 14.4. The Morgan fingerprint density at radius 2 is 1.80 bits per heavy atom. The monoisotopic (exact) mass is 534 g/mol. The molecule has 2 heterocycles. The predicted molar refractivity (Wildman–Crippen MR) is 163 cm³/mol. The average Bonchev–Trinajstić information content (AvgIpc) is 3.51. The van der Waals surface area contributed by atoms with E-state index < -0.39 is 0 Å². The largest absolute Gasteiger partial charge is 0.494 e. The second-order valence-corrected chi connectivity index (χ2v) is 10.5. The number of likely N-dealkylation sites (N-methyl/N-ethyl adjacent to an activating group) is 1. The summed E-state index contributed by atoms with van der Waals surface area (Å²) in [5.74, 6) is 0.701. The van der Waals surface area contributed by atoms with Gasteiger partial charge in [-0.3, -0.25) is 9.48 Å². The summed E-state index contributed by atoms with van der Waals surface area (Å²) in [6.07, 6.45) is 7.09. The van der Waals surface area contributed by atoms with Crippen molar-refractivity contribution in [1.29, 1.82) is 0 Å². The van der Waals surface area contributed by atoms with Crippen molar-refractivity contribution in [3.05, 3.63) is 95.8 Å². The number of anilines is 1. The van der Waals surface area contributed by atoms with Crippen molar-refractivity contribution in [2.24, 2.45) is 0 Å². The van der Waals surface area contributed by atoms with Gasteiger partial charge in [-0.1, -0.05) is 37.6 Å². The van der Waals surface area contributed by atoms with E-state index in [1.54, 1.807) is 0 Å². The number of aromatic nitrogens is 3. The van der Waals surface area contributed by atoms with Crippen molar-refractivity contribution in [2.75, 3.05) is 24.6 Å². The number of ether oxygens (including phenoxy) is 1. The van der Waals surface area contributed by atoms with Crippen LogP contribution in [0.4, 0.5) is 5.69 Å². The number of unbranched alkanes of at least 4 members (excludes halogenated alkanes) is 1. The van der Waals surface area contributed by atoms with Gasteiger partial charge < -0.3 is 9.64 Å². The van der Waals surface area contributed by atoms with Gasteiger partial charge in [0.25, 0.3) is 0 Å². The quantitative estimate of drug-likeness (QED) is 0.122. The van der Waals surface area contributed by atoms with Crippen LogP contribution in [-0.2, 0) is 6.42 Å². The zero-order chi connectivity index (χ0) is 28.1. The minimum Gasteiger partial charge on any atom is -0.494 e. The molecule has 0 saturated carbocycles. The van der Waals surface area contributed by atoms with Gasteiger partial charge in [0, 0.05) is 53.1 Å². The molecule has 0 N–H and O–H groups in total. The SMILES string of the molecule is CCCCOc1cccc(C(=O)c2cccc3nc4ccc(N(CC)CCc5cnn(C(C)C)c5)cc4c-3c2)c1. The summed E-state index contributed by atoms with van der Waals surface area (Å²) in [5, 5.41) is 5.54. The number of hydrogen-bond donors (Lipinski definition) is 0. The van der Waals surface area contributed by atoms with Crippen LogP contribution in [0.1, 0.15) is 68.1 Å². The van der Waals surface area contributed by atoms with Gasteiger partial charge in [0.1, 0.15) is 5.75 Å². The summed E-state index contributed by atoms with van der Waals surface area (Å²) in [6, 6.07) is 22.0. The molecule has 0 fully saturated rings. The first kappa shape index (κ1) is 27.4. The van der Waals surface area contributed by atoms with Crippen LogP contribution in [0.2, 0.25) is 0 Å². The molecular weight excluding hydrogens is 496 g/mol. The third-order valence-corrected chi connectivity index (χ3v) is 7.34. The maximum Gasteiger partial charge on any atom is 0.193 e. The van der Waals surface area contributed by atoms with Crippen LogP contribution in [0.25, 0.3) is 22.2 Å². The minimum atomic E-state index is -0.0268. The zero-order valence-corrected chi connectivity index (χ0v) is 23.9. The van der Waals surface area contributed by atoms with Crippen molar-refractivity contribution in [3.8, 4) is 17.0 Å². The molecule has 2 aliphatic rings. The van der Waals surface area contributed by atoms with Crippen LogP contribution in [0.5, 0.6) is 5.75 Å². The Kier molecular flexibility index (Phi) is 8.44. The molecule has 40 heavy (non-hydrogen) atoms. The van der Waals surface area contributed by atoms with Gasteiger partial charge >= 0.3 is 0 Å². The Hall–Kier alpha value is -4.19. The van der Waals surface area contributed by atoms with E-state index in [4.69, 9.17) is 9.72 Å². The standard InChI is InChI=1S/C34H38N4O2/c1-5-7-18-40-29-12-8-10-26(19-29)34(39)27-11-9-13-32-30(20-27)31-21-28(14-15-33(31)36-32)37(6-2)17-16-25-22-35-38(23-25)24(3)4/h8-15,19-24H,5-7,16-18H2,1-4H3. The number of rotatable bonds is 12. The summed E-state index contributed by atoms with van der Waals surface area (Å²) < 4.78 is 7.85. The lowest BCUT2D eigenvalue weighted by atomic mass is 10.0. The molecule has 6 nitrogen and oxygen atoms in total. The molecule has 0 saturated heterocycles. The van der Waals surface area contributed by atoms with Gasteiger partial charge in [-0.2, -0.15) is 5.10 Å².